The van der Waals surface area contributed by atoms with Crippen LogP contribution in [0.2, 0.25) is 0 Å². The summed E-state index contributed by atoms with van der Waals surface area (Å²) in [4.78, 5) is 0. The average molecular weight is 331 g/mol. The smallest absolute Gasteiger partial charge is 0.218 e. The molecule has 0 aliphatic heterocycles. The molecular weight excluding hydrogens is 304 g/mol. The fourth-order valence-electron chi connectivity index (χ4n) is 1.84. The van der Waals surface area contributed by atoms with Crippen LogP contribution in [-0.4, -0.2) is 44.9 Å². The third kappa shape index (κ3) is 6.82. The number of hydrogen-bond donors (Lipinski definition) is 1. The van der Waals surface area contributed by atoms with Crippen molar-refractivity contribution in [2.45, 2.75) is 25.6 Å². The van der Waals surface area contributed by atoms with Crippen molar-refractivity contribution in [3.05, 3.63) is 35.4 Å². The molecule has 1 rings (SSSR count). The lowest BCUT2D eigenvalue weighted by Gasteiger charge is -2.16. The molecule has 0 bridgehead atoms. The van der Waals surface area contributed by atoms with Gasteiger partial charge in [-0.1, -0.05) is 31.2 Å². The molecule has 0 aliphatic rings. The third-order valence-electron chi connectivity index (χ3n) is 3.21. The van der Waals surface area contributed by atoms with Crippen molar-refractivity contribution in [2.24, 2.45) is 0 Å². The Balaban J connectivity index is 2.58. The zero-order valence-electron chi connectivity index (χ0n) is 13.1. The second-order valence-corrected chi connectivity index (χ2v) is 8.13. The van der Waals surface area contributed by atoms with Crippen molar-refractivity contribution in [3.8, 4) is 0 Å². The molecule has 6 heteroatoms. The quantitative estimate of drug-likeness (QED) is 0.669. The molecule has 1 aromatic rings. The van der Waals surface area contributed by atoms with Gasteiger partial charge < -0.3 is 5.32 Å². The van der Waals surface area contributed by atoms with E-state index in [1.54, 1.807) is 18.8 Å². The Morgan fingerprint density at radius 2 is 1.81 bits per heavy atom. The Hall–Kier alpha value is -0.560. The van der Waals surface area contributed by atoms with Gasteiger partial charge in [-0.25, -0.2) is 12.7 Å². The molecule has 0 spiro atoms. The van der Waals surface area contributed by atoms with Crippen LogP contribution in [0.4, 0.5) is 0 Å². The van der Waals surface area contributed by atoms with E-state index in [-0.39, 0.29) is 5.75 Å². The topological polar surface area (TPSA) is 49.4 Å². The van der Waals surface area contributed by atoms with Crippen LogP contribution in [0, 0.1) is 0 Å². The second-order valence-electron chi connectivity index (χ2n) is 5.06. The van der Waals surface area contributed by atoms with Crippen LogP contribution in [-0.2, 0) is 22.3 Å². The number of benzene rings is 1. The van der Waals surface area contributed by atoms with Gasteiger partial charge in [-0.15, -0.1) is 0 Å². The van der Waals surface area contributed by atoms with Crippen molar-refractivity contribution in [3.63, 3.8) is 0 Å². The lowest BCUT2D eigenvalue weighted by Crippen LogP contribution is -2.30. The molecule has 0 atom stereocenters. The summed E-state index contributed by atoms with van der Waals surface area (Å²) in [7, 11) is -1.57. The number of hydrogen-bond acceptors (Lipinski definition) is 4. The number of rotatable bonds is 10. The highest BCUT2D eigenvalue weighted by Crippen LogP contribution is 2.11. The van der Waals surface area contributed by atoms with Gasteiger partial charge in [0.1, 0.15) is 0 Å². The lowest BCUT2D eigenvalue weighted by molar-refractivity contribution is 0.487. The third-order valence-corrected chi connectivity index (χ3v) is 5.63. The lowest BCUT2D eigenvalue weighted by atomic mass is 10.1. The van der Waals surface area contributed by atoms with E-state index >= 15 is 0 Å². The first-order valence-electron chi connectivity index (χ1n) is 7.21. The molecule has 0 fully saturated rings. The van der Waals surface area contributed by atoms with E-state index in [9.17, 15) is 8.42 Å². The Morgan fingerprint density at radius 3 is 2.38 bits per heavy atom. The molecule has 0 saturated carbocycles. The summed E-state index contributed by atoms with van der Waals surface area (Å²) in [6.45, 7) is 4.52. The van der Waals surface area contributed by atoms with E-state index in [0.717, 1.165) is 30.8 Å². The maximum Gasteiger partial charge on any atom is 0.218 e. The molecule has 0 aliphatic carbocycles. The number of sulfonamides is 1. The first kappa shape index (κ1) is 18.5. The van der Waals surface area contributed by atoms with E-state index < -0.39 is 10.0 Å². The van der Waals surface area contributed by atoms with E-state index in [4.69, 9.17) is 0 Å². The standard InChI is InChI=1S/C15H26N2O2S2/c1-4-9-16-12-14-5-7-15(8-6-14)13-21(18,19)17(2)10-11-20-3/h5-8,16H,4,9-13H2,1-3H3. The first-order valence-corrected chi connectivity index (χ1v) is 10.2. The summed E-state index contributed by atoms with van der Waals surface area (Å²) >= 11 is 1.65. The molecule has 0 amide bonds. The Kier molecular flexibility index (Phi) is 8.33. The van der Waals surface area contributed by atoms with Gasteiger partial charge in [-0.3, -0.25) is 0 Å². The maximum absolute atomic E-state index is 12.2. The summed E-state index contributed by atoms with van der Waals surface area (Å²) in [5.41, 5.74) is 2.02. The normalized spacial score (nSPS) is 12.0. The highest BCUT2D eigenvalue weighted by molar-refractivity contribution is 7.98. The van der Waals surface area contributed by atoms with Crippen molar-refractivity contribution in [1.82, 2.24) is 9.62 Å². The van der Waals surface area contributed by atoms with Crippen LogP contribution in [0.1, 0.15) is 24.5 Å². The van der Waals surface area contributed by atoms with E-state index in [1.807, 2.05) is 30.5 Å². The average Bonchev–Trinajstić information content (AvgIpc) is 2.46. The molecule has 0 unspecified atom stereocenters. The van der Waals surface area contributed by atoms with Crippen LogP contribution in [0.5, 0.6) is 0 Å². The van der Waals surface area contributed by atoms with Gasteiger partial charge in [0.2, 0.25) is 10.0 Å². The molecule has 1 N–H and O–H groups in total. The fraction of sp³-hybridized carbons (Fsp3) is 0.600. The van der Waals surface area contributed by atoms with Crippen LogP contribution < -0.4 is 5.32 Å². The second kappa shape index (κ2) is 9.46. The van der Waals surface area contributed by atoms with Crippen molar-refractivity contribution < 1.29 is 8.42 Å². The minimum atomic E-state index is -3.21. The van der Waals surface area contributed by atoms with Gasteiger partial charge in [-0.05, 0) is 30.3 Å². The van der Waals surface area contributed by atoms with Gasteiger partial charge in [0.15, 0.2) is 0 Å². The molecule has 0 heterocycles. The summed E-state index contributed by atoms with van der Waals surface area (Å²) in [6.07, 6.45) is 3.09. The van der Waals surface area contributed by atoms with Crippen LogP contribution in [0.3, 0.4) is 0 Å². The largest absolute Gasteiger partial charge is 0.313 e. The highest BCUT2D eigenvalue weighted by atomic mass is 32.2. The molecule has 1 aromatic carbocycles. The molecule has 4 nitrogen and oxygen atoms in total. The number of thioether (sulfide) groups is 1. The SMILES string of the molecule is CCCNCc1ccc(CS(=O)(=O)N(C)CCSC)cc1. The van der Waals surface area contributed by atoms with Crippen LogP contribution in [0.25, 0.3) is 0 Å². The van der Waals surface area contributed by atoms with Gasteiger partial charge in [0.05, 0.1) is 5.75 Å². The summed E-state index contributed by atoms with van der Waals surface area (Å²) in [5.74, 6) is 0.887. The van der Waals surface area contributed by atoms with Crippen LogP contribution >= 0.6 is 11.8 Å². The Labute approximate surface area is 133 Å². The fourth-order valence-corrected chi connectivity index (χ4v) is 3.62. The Bertz CT molecular complexity index is 501. The molecule has 0 saturated heterocycles. The zero-order chi connectivity index (χ0) is 15.7. The van der Waals surface area contributed by atoms with E-state index in [0.29, 0.717) is 6.54 Å². The molecule has 120 valence electrons. The maximum atomic E-state index is 12.2. The minimum absolute atomic E-state index is 0.0700. The predicted octanol–water partition coefficient (Wildman–Crippen LogP) is 2.31. The first-order chi connectivity index (χ1) is 9.99. The number of nitrogens with one attached hydrogen (secondary N) is 1. The monoisotopic (exact) mass is 330 g/mol. The van der Waals surface area contributed by atoms with Gasteiger partial charge >= 0.3 is 0 Å². The molecular formula is C15H26N2O2S2. The zero-order valence-corrected chi connectivity index (χ0v) is 14.8. The highest BCUT2D eigenvalue weighted by Gasteiger charge is 2.17. The summed E-state index contributed by atoms with van der Waals surface area (Å²) in [5, 5.41) is 3.33. The van der Waals surface area contributed by atoms with Gasteiger partial charge in [0.25, 0.3) is 0 Å². The summed E-state index contributed by atoms with van der Waals surface area (Å²) < 4.78 is 25.9. The van der Waals surface area contributed by atoms with Crippen molar-refractivity contribution in [2.75, 3.05) is 32.1 Å². The minimum Gasteiger partial charge on any atom is -0.313 e. The van der Waals surface area contributed by atoms with Crippen LogP contribution in [0.15, 0.2) is 24.3 Å². The van der Waals surface area contributed by atoms with E-state index in [2.05, 4.69) is 12.2 Å². The van der Waals surface area contributed by atoms with Crippen molar-refractivity contribution in [1.29, 1.82) is 0 Å². The predicted molar refractivity (Wildman–Crippen MR) is 92.1 cm³/mol. The van der Waals surface area contributed by atoms with E-state index in [1.165, 1.54) is 9.87 Å². The molecule has 0 radical (unpaired) electrons. The summed E-state index contributed by atoms with van der Waals surface area (Å²) in [6, 6.07) is 7.80. The van der Waals surface area contributed by atoms with Crippen molar-refractivity contribution >= 4 is 21.8 Å². The number of nitrogens with zero attached hydrogens (tertiary/aromatic N) is 1. The van der Waals surface area contributed by atoms with Gasteiger partial charge in [0, 0.05) is 25.9 Å². The molecule has 21 heavy (non-hydrogen) atoms. The Morgan fingerprint density at radius 1 is 1.19 bits per heavy atom. The van der Waals surface area contributed by atoms with Gasteiger partial charge in [-0.2, -0.15) is 11.8 Å². The molecule has 0 aromatic heterocycles.